The molecule has 0 spiro atoms. The first-order valence-corrected chi connectivity index (χ1v) is 8.22. The Morgan fingerprint density at radius 3 is 2.80 bits per heavy atom. The molecule has 1 atom stereocenters. The van der Waals surface area contributed by atoms with Crippen LogP contribution in [0.3, 0.4) is 0 Å². The monoisotopic (exact) mass is 358 g/mol. The van der Waals surface area contributed by atoms with Crippen molar-refractivity contribution in [1.82, 2.24) is 5.32 Å². The predicted molar refractivity (Wildman–Crippen MR) is 91.9 cm³/mol. The summed E-state index contributed by atoms with van der Waals surface area (Å²) >= 11 is 5.88. The van der Waals surface area contributed by atoms with Gasteiger partial charge in [0.1, 0.15) is 0 Å². The van der Waals surface area contributed by atoms with Gasteiger partial charge in [-0.1, -0.05) is 35.0 Å². The van der Waals surface area contributed by atoms with Crippen LogP contribution in [-0.2, 0) is 16.2 Å². The highest BCUT2D eigenvalue weighted by Crippen LogP contribution is 2.32. The van der Waals surface area contributed by atoms with Crippen molar-refractivity contribution in [2.45, 2.75) is 19.1 Å². The minimum atomic E-state index is -0.625. The highest BCUT2D eigenvalue weighted by Gasteiger charge is 2.28. The summed E-state index contributed by atoms with van der Waals surface area (Å²) in [6.07, 6.45) is -0.200. The molecule has 7 heteroatoms. The number of carbonyl (C=O) groups is 1. The molecule has 2 aromatic carbocycles. The average molecular weight is 359 g/mol. The largest absolute Gasteiger partial charge is 0.454 e. The Kier molecular flexibility index (Phi) is 4.19. The number of fused-ring (bicyclic) bond motifs is 1. The third-order valence-electron chi connectivity index (χ3n) is 4.04. The fraction of sp³-hybridized carbons (Fsp3) is 0.222. The van der Waals surface area contributed by atoms with Crippen molar-refractivity contribution in [2.75, 3.05) is 6.79 Å². The lowest BCUT2D eigenvalue weighted by Crippen LogP contribution is -2.34. The van der Waals surface area contributed by atoms with Gasteiger partial charge in [0.2, 0.25) is 12.9 Å². The molecule has 0 radical (unpaired) electrons. The molecule has 2 heterocycles. The third-order valence-corrected chi connectivity index (χ3v) is 4.29. The standard InChI is InChI=1S/C18H15ClN2O4/c19-13-4-2-12(3-5-13)14-8-17(25-21-14)18(22)20-9-11-1-6-15-16(7-11)24-10-23-15/h1-7,17H,8-10H2,(H,20,22)/t17-/m1/s1. The first-order valence-electron chi connectivity index (χ1n) is 7.84. The quantitative estimate of drug-likeness (QED) is 0.912. The van der Waals surface area contributed by atoms with Crippen LogP contribution < -0.4 is 14.8 Å². The molecule has 1 N–H and O–H groups in total. The lowest BCUT2D eigenvalue weighted by atomic mass is 10.0. The van der Waals surface area contributed by atoms with Gasteiger partial charge in [-0.05, 0) is 35.4 Å². The lowest BCUT2D eigenvalue weighted by Gasteiger charge is -2.10. The van der Waals surface area contributed by atoms with E-state index in [1.54, 1.807) is 12.1 Å². The number of oxime groups is 1. The van der Waals surface area contributed by atoms with Gasteiger partial charge < -0.3 is 19.6 Å². The van der Waals surface area contributed by atoms with Gasteiger partial charge in [0, 0.05) is 18.0 Å². The fourth-order valence-corrected chi connectivity index (χ4v) is 2.81. The summed E-state index contributed by atoms with van der Waals surface area (Å²) in [5, 5.41) is 7.53. The van der Waals surface area contributed by atoms with E-state index in [0.717, 1.165) is 22.6 Å². The van der Waals surface area contributed by atoms with Gasteiger partial charge in [0.05, 0.1) is 5.71 Å². The maximum atomic E-state index is 12.3. The van der Waals surface area contributed by atoms with E-state index in [2.05, 4.69) is 10.5 Å². The Bertz CT molecular complexity index is 835. The highest BCUT2D eigenvalue weighted by molar-refractivity contribution is 6.30. The summed E-state index contributed by atoms with van der Waals surface area (Å²) in [6, 6.07) is 12.9. The summed E-state index contributed by atoms with van der Waals surface area (Å²) in [4.78, 5) is 17.6. The van der Waals surface area contributed by atoms with Crippen LogP contribution in [-0.4, -0.2) is 24.5 Å². The maximum Gasteiger partial charge on any atom is 0.264 e. The first kappa shape index (κ1) is 15.8. The van der Waals surface area contributed by atoms with Crippen LogP contribution in [0, 0.1) is 0 Å². The van der Waals surface area contributed by atoms with Crippen LogP contribution in [0.4, 0.5) is 0 Å². The molecule has 0 fully saturated rings. The zero-order chi connectivity index (χ0) is 17.2. The van der Waals surface area contributed by atoms with E-state index in [9.17, 15) is 4.79 Å². The molecule has 2 aliphatic heterocycles. The molecular weight excluding hydrogens is 344 g/mol. The minimum Gasteiger partial charge on any atom is -0.454 e. The van der Waals surface area contributed by atoms with Gasteiger partial charge in [-0.3, -0.25) is 4.79 Å². The number of rotatable bonds is 4. The second kappa shape index (κ2) is 6.64. The van der Waals surface area contributed by atoms with E-state index in [0.29, 0.717) is 23.7 Å². The molecule has 4 rings (SSSR count). The van der Waals surface area contributed by atoms with Crippen molar-refractivity contribution in [3.05, 3.63) is 58.6 Å². The van der Waals surface area contributed by atoms with E-state index in [1.165, 1.54) is 0 Å². The summed E-state index contributed by atoms with van der Waals surface area (Å²) in [6.45, 7) is 0.609. The molecule has 2 aliphatic rings. The summed E-state index contributed by atoms with van der Waals surface area (Å²) in [7, 11) is 0. The van der Waals surface area contributed by atoms with Gasteiger partial charge in [-0.25, -0.2) is 0 Å². The number of nitrogens with zero attached hydrogens (tertiary/aromatic N) is 1. The van der Waals surface area contributed by atoms with Gasteiger partial charge in [-0.2, -0.15) is 0 Å². The van der Waals surface area contributed by atoms with E-state index in [4.69, 9.17) is 25.9 Å². The second-order valence-corrected chi connectivity index (χ2v) is 6.18. The van der Waals surface area contributed by atoms with E-state index < -0.39 is 6.10 Å². The molecular formula is C18H15ClN2O4. The number of hydrogen-bond acceptors (Lipinski definition) is 5. The smallest absolute Gasteiger partial charge is 0.264 e. The van der Waals surface area contributed by atoms with Crippen LogP contribution in [0.15, 0.2) is 47.6 Å². The number of amides is 1. The Hall–Kier alpha value is -2.73. The molecule has 0 aliphatic carbocycles. The molecule has 0 saturated heterocycles. The van der Waals surface area contributed by atoms with Crippen molar-refractivity contribution >= 4 is 23.2 Å². The molecule has 0 aromatic heterocycles. The van der Waals surface area contributed by atoms with Crippen LogP contribution in [0.1, 0.15) is 17.5 Å². The van der Waals surface area contributed by atoms with Crippen molar-refractivity contribution in [2.24, 2.45) is 5.16 Å². The minimum absolute atomic E-state index is 0.203. The number of ether oxygens (including phenoxy) is 2. The molecule has 0 unspecified atom stereocenters. The second-order valence-electron chi connectivity index (χ2n) is 5.75. The number of halogens is 1. The zero-order valence-electron chi connectivity index (χ0n) is 13.2. The highest BCUT2D eigenvalue weighted by atomic mass is 35.5. The normalized spacial score (nSPS) is 17.8. The van der Waals surface area contributed by atoms with E-state index >= 15 is 0 Å². The Morgan fingerprint density at radius 1 is 1.16 bits per heavy atom. The van der Waals surface area contributed by atoms with Crippen LogP contribution >= 0.6 is 11.6 Å². The molecule has 0 bridgehead atoms. The van der Waals surface area contributed by atoms with Gasteiger partial charge in [0.25, 0.3) is 5.91 Å². The van der Waals surface area contributed by atoms with Crippen molar-refractivity contribution in [3.8, 4) is 11.5 Å². The van der Waals surface area contributed by atoms with Gasteiger partial charge in [0.15, 0.2) is 11.5 Å². The summed E-state index contributed by atoms with van der Waals surface area (Å²) in [5.74, 6) is 1.21. The van der Waals surface area contributed by atoms with Crippen LogP contribution in [0.2, 0.25) is 5.02 Å². The molecule has 2 aromatic rings. The van der Waals surface area contributed by atoms with E-state index in [1.807, 2.05) is 30.3 Å². The maximum absolute atomic E-state index is 12.3. The topological polar surface area (TPSA) is 69.2 Å². The fourth-order valence-electron chi connectivity index (χ4n) is 2.68. The third kappa shape index (κ3) is 3.39. The molecule has 25 heavy (non-hydrogen) atoms. The van der Waals surface area contributed by atoms with Crippen LogP contribution in [0.5, 0.6) is 11.5 Å². The molecule has 6 nitrogen and oxygen atoms in total. The number of nitrogens with one attached hydrogen (secondary N) is 1. The molecule has 1 amide bonds. The Labute approximate surface area is 149 Å². The molecule has 128 valence electrons. The molecule has 0 saturated carbocycles. The van der Waals surface area contributed by atoms with Crippen molar-refractivity contribution in [1.29, 1.82) is 0 Å². The van der Waals surface area contributed by atoms with Gasteiger partial charge >= 0.3 is 0 Å². The zero-order valence-corrected chi connectivity index (χ0v) is 14.0. The number of carbonyl (C=O) groups excluding carboxylic acids is 1. The summed E-state index contributed by atoms with van der Waals surface area (Å²) < 4.78 is 10.6. The summed E-state index contributed by atoms with van der Waals surface area (Å²) in [5.41, 5.74) is 2.56. The van der Waals surface area contributed by atoms with Crippen molar-refractivity contribution < 1.29 is 19.1 Å². The SMILES string of the molecule is O=C(NCc1ccc2c(c1)OCO2)[C@H]1CC(c2ccc(Cl)cc2)=NO1. The number of hydrogen-bond donors (Lipinski definition) is 1. The van der Waals surface area contributed by atoms with Crippen molar-refractivity contribution in [3.63, 3.8) is 0 Å². The van der Waals surface area contributed by atoms with Gasteiger partial charge in [-0.15, -0.1) is 0 Å². The predicted octanol–water partition coefficient (Wildman–Crippen LogP) is 2.88. The van der Waals surface area contributed by atoms with E-state index in [-0.39, 0.29) is 12.7 Å². The number of benzene rings is 2. The van der Waals surface area contributed by atoms with Crippen LogP contribution in [0.25, 0.3) is 0 Å². The Morgan fingerprint density at radius 2 is 1.96 bits per heavy atom. The average Bonchev–Trinajstić information content (AvgIpc) is 3.29. The first-order chi connectivity index (χ1) is 12.2. The lowest BCUT2D eigenvalue weighted by molar-refractivity contribution is -0.131. The Balaban J connectivity index is 1.33.